The summed E-state index contributed by atoms with van der Waals surface area (Å²) < 4.78 is 48.1. The lowest BCUT2D eigenvalue weighted by molar-refractivity contribution is 0.102. The minimum atomic E-state index is -3.41. The van der Waals surface area contributed by atoms with Gasteiger partial charge in [-0.05, 0) is 49.1 Å². The Kier molecular flexibility index (Phi) is 7.07. The van der Waals surface area contributed by atoms with Gasteiger partial charge in [-0.2, -0.15) is 0 Å². The number of rotatable bonds is 9. The van der Waals surface area contributed by atoms with Gasteiger partial charge in [-0.1, -0.05) is 6.07 Å². The molecule has 0 amide bonds. The lowest BCUT2D eigenvalue weighted by Crippen LogP contribution is -2.35. The fraction of sp³-hybridized carbons (Fsp3) is 0.565. The third-order valence-electron chi connectivity index (χ3n) is 6.45. The molecule has 0 unspecified atom stereocenters. The number of hydrogen-bond acceptors (Lipinski definition) is 7. The molecular formula is C23H30FN3O4S. The molecule has 2 heterocycles. The molecule has 0 N–H and O–H groups in total. The van der Waals surface area contributed by atoms with Crippen molar-refractivity contribution in [2.45, 2.75) is 37.4 Å². The molecule has 174 valence electrons. The van der Waals surface area contributed by atoms with Crippen LogP contribution in [0.25, 0.3) is 0 Å². The Hall–Kier alpha value is -2.10. The van der Waals surface area contributed by atoms with Gasteiger partial charge in [-0.15, -0.1) is 0 Å². The molecule has 32 heavy (non-hydrogen) atoms. The second-order valence-electron chi connectivity index (χ2n) is 8.85. The summed E-state index contributed by atoms with van der Waals surface area (Å²) in [4.78, 5) is 11.2. The molecule has 7 nitrogen and oxygen atoms in total. The molecule has 9 heteroatoms. The molecule has 1 aliphatic carbocycles. The van der Waals surface area contributed by atoms with Crippen LogP contribution in [-0.2, 0) is 32.5 Å². The highest BCUT2D eigenvalue weighted by Crippen LogP contribution is 2.48. The Morgan fingerprint density at radius 2 is 1.88 bits per heavy atom. The zero-order valence-electron chi connectivity index (χ0n) is 18.5. The third-order valence-corrected chi connectivity index (χ3v) is 7.56. The molecule has 2 aliphatic rings. The van der Waals surface area contributed by atoms with Gasteiger partial charge < -0.3 is 14.4 Å². The molecule has 1 aromatic heterocycles. The van der Waals surface area contributed by atoms with Crippen molar-refractivity contribution in [3.05, 3.63) is 47.5 Å². The van der Waals surface area contributed by atoms with Crippen LogP contribution >= 0.6 is 0 Å². The van der Waals surface area contributed by atoms with Gasteiger partial charge in [-0.3, -0.25) is 0 Å². The van der Waals surface area contributed by atoms with E-state index in [2.05, 4.69) is 14.9 Å². The number of ether oxygens (including phenoxy) is 2. The summed E-state index contributed by atoms with van der Waals surface area (Å²) in [6.45, 7) is 3.20. The SMILES string of the molecule is COCc1cnc(N2CCC([C@H]3C[C@@H]3COCc3ccc(S(C)(=O)=O)cc3F)CC2)nc1. The van der Waals surface area contributed by atoms with Crippen molar-refractivity contribution in [2.75, 3.05) is 38.0 Å². The zero-order valence-corrected chi connectivity index (χ0v) is 19.4. The van der Waals surface area contributed by atoms with E-state index < -0.39 is 15.7 Å². The Bertz CT molecular complexity index is 1020. The van der Waals surface area contributed by atoms with E-state index in [4.69, 9.17) is 9.47 Å². The van der Waals surface area contributed by atoms with E-state index in [-0.39, 0.29) is 11.5 Å². The average molecular weight is 464 g/mol. The first-order valence-electron chi connectivity index (χ1n) is 11.0. The van der Waals surface area contributed by atoms with Gasteiger partial charge in [-0.25, -0.2) is 22.8 Å². The number of piperidine rings is 1. The highest BCUT2D eigenvalue weighted by atomic mass is 32.2. The monoisotopic (exact) mass is 463 g/mol. The maximum absolute atomic E-state index is 14.2. The Balaban J connectivity index is 1.19. The van der Waals surface area contributed by atoms with Gasteiger partial charge in [0.1, 0.15) is 5.82 Å². The van der Waals surface area contributed by atoms with Gasteiger partial charge in [0.05, 0.1) is 24.7 Å². The molecule has 1 saturated carbocycles. The molecule has 4 rings (SSSR count). The molecule has 1 aromatic carbocycles. The normalized spacial score (nSPS) is 21.7. The average Bonchev–Trinajstić information content (AvgIpc) is 3.55. The minimum absolute atomic E-state index is 0.0105. The number of hydrogen-bond donors (Lipinski definition) is 0. The van der Waals surface area contributed by atoms with Crippen LogP contribution in [0.4, 0.5) is 10.3 Å². The van der Waals surface area contributed by atoms with Crippen molar-refractivity contribution in [3.8, 4) is 0 Å². The second-order valence-corrected chi connectivity index (χ2v) is 10.9. The quantitative estimate of drug-likeness (QED) is 0.565. The van der Waals surface area contributed by atoms with Crippen LogP contribution in [0.1, 0.15) is 30.4 Å². The number of aromatic nitrogens is 2. The van der Waals surface area contributed by atoms with Crippen molar-refractivity contribution < 1.29 is 22.3 Å². The number of sulfone groups is 1. The van der Waals surface area contributed by atoms with Crippen LogP contribution < -0.4 is 4.90 Å². The smallest absolute Gasteiger partial charge is 0.225 e. The maximum Gasteiger partial charge on any atom is 0.225 e. The van der Waals surface area contributed by atoms with Gasteiger partial charge in [0.2, 0.25) is 5.95 Å². The standard InChI is InChI=1S/C23H30FN3O4S/c1-30-13-16-11-25-23(26-12-16)27-7-5-17(6-8-27)21-9-19(21)15-31-14-18-3-4-20(10-22(18)24)32(2,28)29/h3-4,10-12,17,19,21H,5-9,13-15H2,1-2H3/t19-,21-/m1/s1. The van der Waals surface area contributed by atoms with E-state index >= 15 is 0 Å². The van der Waals surface area contributed by atoms with E-state index in [9.17, 15) is 12.8 Å². The first-order valence-corrected chi connectivity index (χ1v) is 12.9. The van der Waals surface area contributed by atoms with Crippen LogP contribution in [0.2, 0.25) is 0 Å². The van der Waals surface area contributed by atoms with E-state index in [0.717, 1.165) is 56.2 Å². The number of anilines is 1. The minimum Gasteiger partial charge on any atom is -0.380 e. The summed E-state index contributed by atoms with van der Waals surface area (Å²) in [5, 5.41) is 0. The Morgan fingerprint density at radius 3 is 2.50 bits per heavy atom. The lowest BCUT2D eigenvalue weighted by atomic mass is 9.91. The largest absolute Gasteiger partial charge is 0.380 e. The van der Waals surface area contributed by atoms with Crippen LogP contribution in [0.3, 0.4) is 0 Å². The first-order chi connectivity index (χ1) is 15.3. The van der Waals surface area contributed by atoms with Gasteiger partial charge in [0.25, 0.3) is 0 Å². The van der Waals surface area contributed by atoms with Gasteiger partial charge >= 0.3 is 0 Å². The van der Waals surface area contributed by atoms with E-state index in [1.165, 1.54) is 12.1 Å². The predicted octanol–water partition coefficient (Wildman–Crippen LogP) is 3.23. The van der Waals surface area contributed by atoms with Crippen LogP contribution in [0.5, 0.6) is 0 Å². The number of benzene rings is 1. The fourth-order valence-corrected chi connectivity index (χ4v) is 5.15. The lowest BCUT2D eigenvalue weighted by Gasteiger charge is -2.32. The predicted molar refractivity (Wildman–Crippen MR) is 118 cm³/mol. The van der Waals surface area contributed by atoms with Gasteiger partial charge in [0.15, 0.2) is 9.84 Å². The number of methoxy groups -OCH3 is 1. The molecule has 2 aromatic rings. The third kappa shape index (κ3) is 5.63. The molecule has 0 radical (unpaired) electrons. The van der Waals surface area contributed by atoms with Crippen molar-refractivity contribution >= 4 is 15.8 Å². The fourth-order valence-electron chi connectivity index (χ4n) is 4.52. The highest BCUT2D eigenvalue weighted by Gasteiger charge is 2.43. The molecule has 1 saturated heterocycles. The molecular weight excluding hydrogens is 433 g/mol. The van der Waals surface area contributed by atoms with Crippen LogP contribution in [0, 0.1) is 23.6 Å². The van der Waals surface area contributed by atoms with E-state index in [1.54, 1.807) is 7.11 Å². The number of halogens is 1. The Labute approximate surface area is 188 Å². The summed E-state index contributed by atoms with van der Waals surface area (Å²) in [7, 11) is -1.75. The van der Waals surface area contributed by atoms with Crippen LogP contribution in [0.15, 0.2) is 35.5 Å². The molecule has 1 aliphatic heterocycles. The molecule has 2 atom stereocenters. The summed E-state index contributed by atoms with van der Waals surface area (Å²) in [6, 6.07) is 3.99. The van der Waals surface area contributed by atoms with E-state index in [0.29, 0.717) is 36.5 Å². The molecule has 0 bridgehead atoms. The van der Waals surface area contributed by atoms with Crippen LogP contribution in [-0.4, -0.2) is 51.4 Å². The molecule has 0 spiro atoms. The highest BCUT2D eigenvalue weighted by molar-refractivity contribution is 7.90. The topological polar surface area (TPSA) is 81.6 Å². The van der Waals surface area contributed by atoms with Crippen molar-refractivity contribution in [1.82, 2.24) is 9.97 Å². The second kappa shape index (κ2) is 9.80. The summed E-state index contributed by atoms with van der Waals surface area (Å²) >= 11 is 0. The first kappa shape index (κ1) is 23.1. The zero-order chi connectivity index (χ0) is 22.7. The summed E-state index contributed by atoms with van der Waals surface area (Å²) in [5.41, 5.74) is 1.36. The van der Waals surface area contributed by atoms with Gasteiger partial charge in [0, 0.05) is 50.0 Å². The maximum atomic E-state index is 14.2. The Morgan fingerprint density at radius 1 is 1.16 bits per heavy atom. The molecule has 2 fully saturated rings. The van der Waals surface area contributed by atoms with Crippen molar-refractivity contribution in [1.29, 1.82) is 0 Å². The summed E-state index contributed by atoms with van der Waals surface area (Å²) in [6.07, 6.45) is 8.11. The van der Waals surface area contributed by atoms with Crippen molar-refractivity contribution in [3.63, 3.8) is 0 Å². The van der Waals surface area contributed by atoms with E-state index in [1.807, 2.05) is 12.4 Å². The summed E-state index contributed by atoms with van der Waals surface area (Å²) in [5.74, 6) is 2.11. The van der Waals surface area contributed by atoms with Crippen molar-refractivity contribution in [2.24, 2.45) is 17.8 Å². The number of nitrogens with zero attached hydrogens (tertiary/aromatic N) is 3.